The fraction of sp³-hybridized carbons (Fsp3) is 0.667. The first kappa shape index (κ1) is 6.49. The Hall–Kier alpha value is -0.505. The zero-order valence-electron chi connectivity index (χ0n) is 4.27. The Balaban J connectivity index is 2.82. The molecule has 0 bridgehead atoms. The van der Waals surface area contributed by atoms with Crippen LogP contribution >= 0.6 is 0 Å². The lowest BCUT2D eigenvalue weighted by molar-refractivity contribution is 0.252. The Labute approximate surface area is 43.1 Å². The molecular formula is C3H8BNO2. The number of amides is 1. The molecule has 0 aromatic carbocycles. The maximum absolute atomic E-state index is 9.98. The highest BCUT2D eigenvalue weighted by Crippen LogP contribution is 1.55. The van der Waals surface area contributed by atoms with Crippen molar-refractivity contribution in [2.75, 3.05) is 13.2 Å². The fourth-order valence-corrected chi connectivity index (χ4v) is 0.232. The summed E-state index contributed by atoms with van der Waals surface area (Å²) in [6.45, 7) is 0.370. The monoisotopic (exact) mass is 101 g/mol. The quantitative estimate of drug-likeness (QED) is 0.408. The van der Waals surface area contributed by atoms with Crippen LogP contribution in [0.3, 0.4) is 0 Å². The number of nitrogens with one attached hydrogen (secondary N) is 1. The van der Waals surface area contributed by atoms with Crippen LogP contribution in [0.4, 0.5) is 4.79 Å². The van der Waals surface area contributed by atoms with Crippen LogP contribution in [0, 0.1) is 0 Å². The largest absolute Gasteiger partial charge is 0.395 e. The second kappa shape index (κ2) is 3.68. The van der Waals surface area contributed by atoms with Crippen molar-refractivity contribution in [2.45, 2.75) is 0 Å². The molecule has 0 rings (SSSR count). The minimum absolute atomic E-state index is 0.0135. The Morgan fingerprint density at radius 2 is 2.43 bits per heavy atom. The Bertz CT molecular complexity index is 66.0. The van der Waals surface area contributed by atoms with E-state index in [0.717, 1.165) is 0 Å². The van der Waals surface area contributed by atoms with E-state index in [1.54, 1.807) is 0 Å². The van der Waals surface area contributed by atoms with Gasteiger partial charge in [-0.15, -0.1) is 0 Å². The van der Waals surface area contributed by atoms with Crippen molar-refractivity contribution in [3.63, 3.8) is 0 Å². The lowest BCUT2D eigenvalue weighted by Gasteiger charge is -1.93. The van der Waals surface area contributed by atoms with Crippen molar-refractivity contribution in [1.29, 1.82) is 0 Å². The molecule has 0 fully saturated rings. The van der Waals surface area contributed by atoms with E-state index in [4.69, 9.17) is 5.11 Å². The third-order valence-corrected chi connectivity index (χ3v) is 0.486. The minimum atomic E-state index is -0.103. The summed E-state index contributed by atoms with van der Waals surface area (Å²) in [6, 6.07) is 0. The molecule has 0 radical (unpaired) electrons. The van der Waals surface area contributed by atoms with Gasteiger partial charge >= 0.3 is 0 Å². The molecule has 0 spiro atoms. The number of rotatable bonds is 2. The summed E-state index contributed by atoms with van der Waals surface area (Å²) in [4.78, 5) is 9.98. The molecule has 0 unspecified atom stereocenters. The van der Waals surface area contributed by atoms with Crippen LogP contribution in [0.1, 0.15) is 0 Å². The molecule has 0 heterocycles. The van der Waals surface area contributed by atoms with E-state index < -0.39 is 0 Å². The molecular weight excluding hydrogens is 92.8 g/mol. The van der Waals surface area contributed by atoms with E-state index in [-0.39, 0.29) is 12.4 Å². The minimum Gasteiger partial charge on any atom is -0.395 e. The average Bonchev–Trinajstić information content (AvgIpc) is 1.61. The van der Waals surface area contributed by atoms with Crippen molar-refractivity contribution in [2.24, 2.45) is 0 Å². The zero-order valence-corrected chi connectivity index (χ0v) is 4.27. The number of hydrogen-bond donors (Lipinski definition) is 2. The van der Waals surface area contributed by atoms with Crippen LogP contribution in [0.25, 0.3) is 0 Å². The standard InChI is InChI=1S/C3H8BNO2/c4-3(7)5-1-2-6/h6H,1-2,4H2,(H,5,7). The van der Waals surface area contributed by atoms with Crippen LogP contribution < -0.4 is 5.32 Å². The van der Waals surface area contributed by atoms with E-state index in [9.17, 15) is 4.79 Å². The topological polar surface area (TPSA) is 49.3 Å². The first-order chi connectivity index (χ1) is 3.27. The molecule has 0 saturated carbocycles. The first-order valence-corrected chi connectivity index (χ1v) is 2.12. The third-order valence-electron chi connectivity index (χ3n) is 0.486. The van der Waals surface area contributed by atoms with Gasteiger partial charge in [0.25, 0.3) is 0 Å². The van der Waals surface area contributed by atoms with E-state index >= 15 is 0 Å². The van der Waals surface area contributed by atoms with E-state index in [2.05, 4.69) is 5.32 Å². The highest BCUT2D eigenvalue weighted by atomic mass is 16.3. The van der Waals surface area contributed by atoms with Crippen LogP contribution in [-0.4, -0.2) is 31.9 Å². The Morgan fingerprint density at radius 3 is 2.57 bits per heavy atom. The summed E-state index contributed by atoms with van der Waals surface area (Å²) in [5.41, 5.74) is 0. The predicted molar refractivity (Wildman–Crippen MR) is 29.0 cm³/mol. The molecule has 7 heavy (non-hydrogen) atoms. The molecule has 4 heteroatoms. The summed E-state index contributed by atoms with van der Waals surface area (Å²) >= 11 is 0. The Kier molecular flexibility index (Phi) is 3.41. The normalized spacial score (nSPS) is 8.14. The zero-order chi connectivity index (χ0) is 5.70. The lowest BCUT2D eigenvalue weighted by atomic mass is 10.1. The maximum atomic E-state index is 9.98. The highest BCUT2D eigenvalue weighted by molar-refractivity contribution is 6.57. The average molecular weight is 101 g/mol. The summed E-state index contributed by atoms with van der Waals surface area (Å²) in [5, 5.41) is 10.5. The van der Waals surface area contributed by atoms with Gasteiger partial charge in [-0.25, -0.2) is 0 Å². The molecule has 3 nitrogen and oxygen atoms in total. The summed E-state index contributed by atoms with van der Waals surface area (Å²) in [7, 11) is 1.41. The van der Waals surface area contributed by atoms with Gasteiger partial charge in [-0.3, -0.25) is 4.79 Å². The summed E-state index contributed by atoms with van der Waals surface area (Å²) < 4.78 is 0. The highest BCUT2D eigenvalue weighted by Gasteiger charge is 1.83. The van der Waals surface area contributed by atoms with Gasteiger partial charge < -0.3 is 10.4 Å². The van der Waals surface area contributed by atoms with Gasteiger partial charge in [0.2, 0.25) is 7.85 Å². The number of carbonyl (C=O) groups is 1. The van der Waals surface area contributed by atoms with Crippen molar-refractivity contribution < 1.29 is 9.90 Å². The molecule has 1 amide bonds. The Morgan fingerprint density at radius 1 is 1.86 bits per heavy atom. The van der Waals surface area contributed by atoms with Gasteiger partial charge in [0.15, 0.2) is 5.81 Å². The second-order valence-corrected chi connectivity index (χ2v) is 1.21. The molecule has 40 valence electrons. The van der Waals surface area contributed by atoms with Gasteiger partial charge in [-0.2, -0.15) is 0 Å². The lowest BCUT2D eigenvalue weighted by Crippen LogP contribution is -2.24. The summed E-state index contributed by atoms with van der Waals surface area (Å²) in [6.07, 6.45) is 0. The molecule has 0 saturated heterocycles. The fourth-order valence-electron chi connectivity index (χ4n) is 0.232. The SMILES string of the molecule is BC(=O)NCCO. The number of aliphatic hydroxyl groups excluding tert-OH is 1. The van der Waals surface area contributed by atoms with Crippen molar-refractivity contribution >= 4 is 13.7 Å². The third kappa shape index (κ3) is 5.49. The second-order valence-electron chi connectivity index (χ2n) is 1.21. The molecule has 2 N–H and O–H groups in total. The van der Waals surface area contributed by atoms with Gasteiger partial charge in [0, 0.05) is 6.54 Å². The van der Waals surface area contributed by atoms with Crippen LogP contribution in [-0.2, 0) is 0 Å². The van der Waals surface area contributed by atoms with Gasteiger partial charge in [0.1, 0.15) is 0 Å². The molecule has 0 aliphatic rings. The van der Waals surface area contributed by atoms with E-state index in [1.165, 1.54) is 7.85 Å². The predicted octanol–water partition coefficient (Wildman–Crippen LogP) is -1.68. The number of hydrogen-bond acceptors (Lipinski definition) is 2. The first-order valence-electron chi connectivity index (χ1n) is 2.12. The maximum Gasteiger partial charge on any atom is 0.215 e. The molecule has 0 aliphatic carbocycles. The smallest absolute Gasteiger partial charge is 0.215 e. The van der Waals surface area contributed by atoms with Gasteiger partial charge in [0.05, 0.1) is 6.61 Å². The van der Waals surface area contributed by atoms with Crippen molar-refractivity contribution in [1.82, 2.24) is 5.32 Å². The molecule has 0 aliphatic heterocycles. The molecule has 0 aromatic rings. The summed E-state index contributed by atoms with van der Waals surface area (Å²) in [5.74, 6) is -0.103. The molecule has 0 atom stereocenters. The van der Waals surface area contributed by atoms with Crippen molar-refractivity contribution in [3.05, 3.63) is 0 Å². The van der Waals surface area contributed by atoms with E-state index in [0.29, 0.717) is 6.54 Å². The molecule has 0 aromatic heterocycles. The number of carbonyl (C=O) groups excluding carboxylic acids is 1. The van der Waals surface area contributed by atoms with Crippen LogP contribution in [0.2, 0.25) is 0 Å². The van der Waals surface area contributed by atoms with Crippen molar-refractivity contribution in [3.8, 4) is 0 Å². The van der Waals surface area contributed by atoms with Crippen LogP contribution in [0.5, 0.6) is 0 Å². The van der Waals surface area contributed by atoms with E-state index in [1.807, 2.05) is 0 Å². The number of aliphatic hydroxyl groups is 1. The van der Waals surface area contributed by atoms with Gasteiger partial charge in [-0.05, 0) is 0 Å². The van der Waals surface area contributed by atoms with Gasteiger partial charge in [-0.1, -0.05) is 0 Å². The van der Waals surface area contributed by atoms with Crippen LogP contribution in [0.15, 0.2) is 0 Å².